The van der Waals surface area contributed by atoms with Gasteiger partial charge < -0.3 is 10.1 Å². The summed E-state index contributed by atoms with van der Waals surface area (Å²) in [5.41, 5.74) is 1.32. The number of nitrogens with zero attached hydrogens (tertiary/aromatic N) is 3. The van der Waals surface area contributed by atoms with Crippen molar-refractivity contribution in [1.82, 2.24) is 14.1 Å². The van der Waals surface area contributed by atoms with Crippen molar-refractivity contribution in [3.05, 3.63) is 40.6 Å². The number of carbonyl (C=O) groups is 1. The van der Waals surface area contributed by atoms with Gasteiger partial charge in [0.05, 0.1) is 28.3 Å². The molecule has 1 aromatic heterocycles. The third-order valence-electron chi connectivity index (χ3n) is 4.36. The lowest BCUT2D eigenvalue weighted by molar-refractivity contribution is -0.119. The predicted molar refractivity (Wildman–Crippen MR) is 104 cm³/mol. The smallest absolute Gasteiger partial charge is 0.248 e. The van der Waals surface area contributed by atoms with Gasteiger partial charge in [-0.1, -0.05) is 0 Å². The number of morpholine rings is 1. The van der Waals surface area contributed by atoms with E-state index in [1.54, 1.807) is 29.9 Å². The second-order valence-electron chi connectivity index (χ2n) is 6.25. The number of hydrogen-bond acceptors (Lipinski definition) is 5. The highest BCUT2D eigenvalue weighted by Crippen LogP contribution is 2.21. The Balaban J connectivity index is 1.69. The van der Waals surface area contributed by atoms with Crippen molar-refractivity contribution < 1.29 is 17.9 Å². The number of rotatable bonds is 5. The number of amides is 1. The van der Waals surface area contributed by atoms with Gasteiger partial charge in [-0.25, -0.2) is 8.42 Å². The van der Waals surface area contributed by atoms with E-state index in [1.807, 2.05) is 6.92 Å². The van der Waals surface area contributed by atoms with Crippen molar-refractivity contribution in [3.63, 3.8) is 0 Å². The van der Waals surface area contributed by atoms with Crippen molar-refractivity contribution in [1.29, 1.82) is 0 Å². The topological polar surface area (TPSA) is 93.5 Å². The van der Waals surface area contributed by atoms with Gasteiger partial charge in [0.2, 0.25) is 15.9 Å². The fourth-order valence-corrected chi connectivity index (χ4v) is 4.37. The van der Waals surface area contributed by atoms with Crippen LogP contribution in [0.2, 0.25) is 0 Å². The Morgan fingerprint density at radius 1 is 1.26 bits per heavy atom. The van der Waals surface area contributed by atoms with Crippen LogP contribution in [-0.4, -0.2) is 54.7 Å². The molecule has 2 aromatic rings. The number of nitrogens with one attached hydrogen (secondary N) is 1. The molecule has 1 aliphatic heterocycles. The number of carbonyl (C=O) groups excluding carboxylic acids is 1. The largest absolute Gasteiger partial charge is 0.379 e. The molecule has 1 saturated heterocycles. The minimum atomic E-state index is -3.55. The summed E-state index contributed by atoms with van der Waals surface area (Å²) in [6.45, 7) is 5.07. The van der Waals surface area contributed by atoms with Gasteiger partial charge in [-0.15, -0.1) is 0 Å². The summed E-state index contributed by atoms with van der Waals surface area (Å²) in [5, 5.41) is 7.07. The zero-order valence-electron chi connectivity index (χ0n) is 15.1. The highest BCUT2D eigenvalue weighted by Gasteiger charge is 2.26. The monoisotopic (exact) mass is 456 g/mol. The van der Waals surface area contributed by atoms with Crippen molar-refractivity contribution in [2.24, 2.45) is 0 Å². The lowest BCUT2D eigenvalue weighted by atomic mass is 10.2. The van der Waals surface area contributed by atoms with E-state index in [0.717, 1.165) is 10.2 Å². The van der Waals surface area contributed by atoms with Gasteiger partial charge in [0.1, 0.15) is 6.04 Å². The minimum Gasteiger partial charge on any atom is -0.379 e. The molecule has 2 heterocycles. The number of aromatic nitrogens is 2. The Bertz CT molecular complexity index is 901. The molecule has 1 amide bonds. The third kappa shape index (κ3) is 4.40. The number of hydrogen-bond donors (Lipinski definition) is 1. The second-order valence-corrected chi connectivity index (χ2v) is 9.04. The Morgan fingerprint density at radius 2 is 1.89 bits per heavy atom. The summed E-state index contributed by atoms with van der Waals surface area (Å²) in [7, 11) is -3.55. The molecule has 3 rings (SSSR count). The fourth-order valence-electron chi connectivity index (χ4n) is 2.67. The van der Waals surface area contributed by atoms with E-state index in [9.17, 15) is 13.2 Å². The number of aryl methyl sites for hydroxylation is 1. The summed E-state index contributed by atoms with van der Waals surface area (Å²) in [4.78, 5) is 12.6. The van der Waals surface area contributed by atoms with Gasteiger partial charge in [0, 0.05) is 25.0 Å². The molecular formula is C17H21BrN4O4S. The Labute approximate surface area is 166 Å². The van der Waals surface area contributed by atoms with Crippen LogP contribution < -0.4 is 5.32 Å². The van der Waals surface area contributed by atoms with E-state index in [2.05, 4.69) is 26.3 Å². The first-order valence-electron chi connectivity index (χ1n) is 8.49. The van der Waals surface area contributed by atoms with Crippen LogP contribution in [0.3, 0.4) is 0 Å². The summed E-state index contributed by atoms with van der Waals surface area (Å²) < 4.78 is 34.2. The highest BCUT2D eigenvalue weighted by atomic mass is 79.9. The maximum absolute atomic E-state index is 12.6. The molecule has 1 aliphatic rings. The molecule has 1 atom stereocenters. The number of benzene rings is 1. The van der Waals surface area contributed by atoms with Crippen molar-refractivity contribution in [2.45, 2.75) is 24.8 Å². The van der Waals surface area contributed by atoms with Crippen LogP contribution in [-0.2, 0) is 19.6 Å². The summed E-state index contributed by atoms with van der Waals surface area (Å²) in [6, 6.07) is 5.66. The molecule has 0 spiro atoms. The minimum absolute atomic E-state index is 0.196. The summed E-state index contributed by atoms with van der Waals surface area (Å²) >= 11 is 3.38. The third-order valence-corrected chi connectivity index (χ3v) is 7.05. The number of anilines is 1. The van der Waals surface area contributed by atoms with Gasteiger partial charge >= 0.3 is 0 Å². The molecule has 1 aromatic carbocycles. The molecule has 1 unspecified atom stereocenters. The molecule has 0 bridgehead atoms. The van der Waals surface area contributed by atoms with Gasteiger partial charge in [0.25, 0.3) is 0 Å². The van der Waals surface area contributed by atoms with Crippen molar-refractivity contribution >= 4 is 37.5 Å². The standard InChI is InChI=1S/C17H21BrN4O4S/c1-12-16(18)11-22(20-12)13(2)17(23)19-14-3-5-15(6-4-14)27(24,25)21-7-9-26-10-8-21/h3-6,11,13H,7-10H2,1-2H3,(H,19,23). The molecule has 0 radical (unpaired) electrons. The molecule has 8 nitrogen and oxygen atoms in total. The number of halogens is 1. The van der Waals surface area contributed by atoms with Crippen LogP contribution in [0.5, 0.6) is 0 Å². The molecule has 10 heteroatoms. The lowest BCUT2D eigenvalue weighted by Gasteiger charge is -2.26. The Kier molecular flexibility index (Phi) is 5.99. The zero-order chi connectivity index (χ0) is 19.6. The van der Waals surface area contributed by atoms with E-state index < -0.39 is 16.1 Å². The zero-order valence-corrected chi connectivity index (χ0v) is 17.5. The van der Waals surface area contributed by atoms with E-state index in [0.29, 0.717) is 32.0 Å². The van der Waals surface area contributed by atoms with Crippen molar-refractivity contribution in [3.8, 4) is 0 Å². The van der Waals surface area contributed by atoms with E-state index in [1.165, 1.54) is 16.4 Å². The normalized spacial score (nSPS) is 16.9. The quantitative estimate of drug-likeness (QED) is 0.743. The SMILES string of the molecule is Cc1nn(C(C)C(=O)Nc2ccc(S(=O)(=O)N3CCOCC3)cc2)cc1Br. The first-order valence-corrected chi connectivity index (χ1v) is 10.7. The van der Waals surface area contributed by atoms with Crippen LogP contribution in [0.4, 0.5) is 5.69 Å². The van der Waals surface area contributed by atoms with E-state index in [4.69, 9.17) is 4.74 Å². The van der Waals surface area contributed by atoms with Crippen LogP contribution in [0.15, 0.2) is 39.8 Å². The maximum Gasteiger partial charge on any atom is 0.248 e. The number of sulfonamides is 1. The lowest BCUT2D eigenvalue weighted by Crippen LogP contribution is -2.40. The maximum atomic E-state index is 12.6. The average Bonchev–Trinajstić information content (AvgIpc) is 3.01. The Hall–Kier alpha value is -1.75. The van der Waals surface area contributed by atoms with Gasteiger partial charge in [-0.05, 0) is 54.0 Å². The fraction of sp³-hybridized carbons (Fsp3) is 0.412. The van der Waals surface area contributed by atoms with Crippen LogP contribution >= 0.6 is 15.9 Å². The van der Waals surface area contributed by atoms with Gasteiger partial charge in [-0.3, -0.25) is 9.48 Å². The Morgan fingerprint density at radius 3 is 2.44 bits per heavy atom. The number of ether oxygens (including phenoxy) is 1. The van der Waals surface area contributed by atoms with Crippen molar-refractivity contribution in [2.75, 3.05) is 31.6 Å². The van der Waals surface area contributed by atoms with Crippen LogP contribution in [0, 0.1) is 6.92 Å². The van der Waals surface area contributed by atoms with Gasteiger partial charge in [-0.2, -0.15) is 9.40 Å². The van der Waals surface area contributed by atoms with E-state index in [-0.39, 0.29) is 10.8 Å². The highest BCUT2D eigenvalue weighted by molar-refractivity contribution is 9.10. The first-order chi connectivity index (χ1) is 12.8. The average molecular weight is 457 g/mol. The molecule has 0 aliphatic carbocycles. The second kappa shape index (κ2) is 8.09. The van der Waals surface area contributed by atoms with Gasteiger partial charge in [0.15, 0.2) is 0 Å². The first kappa shape index (κ1) is 20.0. The molecule has 1 fully saturated rings. The predicted octanol–water partition coefficient (Wildman–Crippen LogP) is 2.17. The molecular weight excluding hydrogens is 436 g/mol. The van der Waals surface area contributed by atoms with E-state index >= 15 is 0 Å². The molecule has 0 saturated carbocycles. The molecule has 1 N–H and O–H groups in total. The summed E-state index contributed by atoms with van der Waals surface area (Å²) in [5.74, 6) is -0.242. The van der Waals surface area contributed by atoms with Crippen LogP contribution in [0.1, 0.15) is 18.7 Å². The molecule has 27 heavy (non-hydrogen) atoms. The summed E-state index contributed by atoms with van der Waals surface area (Å²) in [6.07, 6.45) is 1.75. The molecule has 146 valence electrons. The van der Waals surface area contributed by atoms with Crippen LogP contribution in [0.25, 0.3) is 0 Å².